The van der Waals surface area contributed by atoms with Crippen molar-refractivity contribution in [2.24, 2.45) is 0 Å². The number of carboxylic acids is 1. The number of rotatable bonds is 4. The molecule has 1 heterocycles. The Bertz CT molecular complexity index is 1110. The number of benzene rings is 3. The lowest BCUT2D eigenvalue weighted by Crippen LogP contribution is -2.25. The van der Waals surface area contributed by atoms with Gasteiger partial charge in [-0.1, -0.05) is 23.7 Å². The standard InChI is InChI=1S/C22H14ClF2NO3/c23-16-3-1-4-17(24)14(16)11-15-20-18(25)5-2-6-19(20)26(21(15)27)13-9-7-12(8-10-13)22(28)29/h1-10,15H,11H2,(H,28,29). The molecule has 0 bridgehead atoms. The first kappa shape index (κ1) is 19.1. The van der Waals surface area contributed by atoms with Gasteiger partial charge >= 0.3 is 5.97 Å². The van der Waals surface area contributed by atoms with Gasteiger partial charge in [0.1, 0.15) is 11.6 Å². The second kappa shape index (κ2) is 7.29. The first-order valence-corrected chi connectivity index (χ1v) is 9.15. The molecule has 3 aromatic carbocycles. The fourth-order valence-corrected chi connectivity index (χ4v) is 3.84. The Kier molecular flexibility index (Phi) is 4.80. The minimum Gasteiger partial charge on any atom is -0.478 e. The number of carbonyl (C=O) groups excluding carboxylic acids is 1. The van der Waals surface area contributed by atoms with Crippen LogP contribution >= 0.6 is 11.6 Å². The summed E-state index contributed by atoms with van der Waals surface area (Å²) >= 11 is 6.11. The number of amides is 1. The van der Waals surface area contributed by atoms with Crippen LogP contribution < -0.4 is 4.90 Å². The molecule has 0 aromatic heterocycles. The lowest BCUT2D eigenvalue weighted by atomic mass is 9.92. The van der Waals surface area contributed by atoms with Crippen molar-refractivity contribution in [1.82, 2.24) is 0 Å². The summed E-state index contributed by atoms with van der Waals surface area (Å²) in [5, 5.41) is 9.23. The van der Waals surface area contributed by atoms with Crippen molar-refractivity contribution in [1.29, 1.82) is 0 Å². The summed E-state index contributed by atoms with van der Waals surface area (Å²) in [6, 6.07) is 14.2. The first-order chi connectivity index (χ1) is 13.9. The quantitative estimate of drug-likeness (QED) is 0.629. The van der Waals surface area contributed by atoms with Gasteiger partial charge in [-0.2, -0.15) is 0 Å². The molecular weight excluding hydrogens is 400 g/mol. The lowest BCUT2D eigenvalue weighted by Gasteiger charge is -2.18. The third-order valence-electron chi connectivity index (χ3n) is 4.98. The highest BCUT2D eigenvalue weighted by atomic mass is 35.5. The summed E-state index contributed by atoms with van der Waals surface area (Å²) in [5.74, 6) is -3.62. The normalized spacial score (nSPS) is 15.5. The predicted molar refractivity (Wildman–Crippen MR) is 105 cm³/mol. The number of carbonyl (C=O) groups is 2. The van der Waals surface area contributed by atoms with Gasteiger partial charge in [0.25, 0.3) is 0 Å². The van der Waals surface area contributed by atoms with Crippen LogP contribution in [0.2, 0.25) is 5.02 Å². The maximum atomic E-state index is 14.7. The molecule has 1 unspecified atom stereocenters. The van der Waals surface area contributed by atoms with Crippen LogP contribution in [0.4, 0.5) is 20.2 Å². The van der Waals surface area contributed by atoms with E-state index in [0.29, 0.717) is 11.4 Å². The Labute approximate surface area is 170 Å². The highest BCUT2D eigenvalue weighted by Crippen LogP contribution is 2.45. The van der Waals surface area contributed by atoms with Crippen molar-refractivity contribution < 1.29 is 23.5 Å². The van der Waals surface area contributed by atoms with E-state index in [1.807, 2.05) is 0 Å². The zero-order chi connectivity index (χ0) is 20.7. The maximum Gasteiger partial charge on any atom is 0.335 e. The molecule has 1 atom stereocenters. The van der Waals surface area contributed by atoms with Crippen LogP contribution in [0, 0.1) is 11.6 Å². The monoisotopic (exact) mass is 413 g/mol. The van der Waals surface area contributed by atoms with E-state index in [1.54, 1.807) is 6.07 Å². The van der Waals surface area contributed by atoms with Crippen LogP contribution in [0.1, 0.15) is 27.4 Å². The van der Waals surface area contributed by atoms with Crippen molar-refractivity contribution >= 4 is 34.9 Å². The summed E-state index contributed by atoms with van der Waals surface area (Å²) in [5.41, 5.74) is 1.11. The average Bonchev–Trinajstić information content (AvgIpc) is 2.97. The van der Waals surface area contributed by atoms with Gasteiger partial charge < -0.3 is 5.11 Å². The Morgan fingerprint density at radius 1 is 1.00 bits per heavy atom. The molecule has 1 aliphatic heterocycles. The second-order valence-corrected chi connectivity index (χ2v) is 7.06. The number of halogens is 3. The summed E-state index contributed by atoms with van der Waals surface area (Å²) in [6.45, 7) is 0. The average molecular weight is 414 g/mol. The highest BCUT2D eigenvalue weighted by Gasteiger charge is 2.40. The van der Waals surface area contributed by atoms with Crippen LogP contribution in [0.15, 0.2) is 60.7 Å². The fraction of sp³-hybridized carbons (Fsp3) is 0.0909. The minimum atomic E-state index is -1.09. The van der Waals surface area contributed by atoms with Gasteiger partial charge in [-0.3, -0.25) is 9.69 Å². The number of hydrogen-bond acceptors (Lipinski definition) is 2. The largest absolute Gasteiger partial charge is 0.478 e. The number of anilines is 2. The van der Waals surface area contributed by atoms with Crippen LogP contribution in [0.5, 0.6) is 0 Å². The summed E-state index contributed by atoms with van der Waals surface area (Å²) < 4.78 is 29.0. The van der Waals surface area contributed by atoms with E-state index in [2.05, 4.69) is 0 Å². The van der Waals surface area contributed by atoms with E-state index >= 15 is 0 Å². The molecule has 0 spiro atoms. The van der Waals surface area contributed by atoms with E-state index in [4.69, 9.17) is 16.7 Å². The van der Waals surface area contributed by atoms with Gasteiger partial charge in [-0.25, -0.2) is 13.6 Å². The van der Waals surface area contributed by atoms with Gasteiger partial charge in [-0.05, 0) is 55.0 Å². The molecule has 7 heteroatoms. The molecular formula is C22H14ClF2NO3. The van der Waals surface area contributed by atoms with Crippen molar-refractivity contribution in [3.05, 3.63) is 94.0 Å². The molecule has 1 aliphatic rings. The highest BCUT2D eigenvalue weighted by molar-refractivity contribution is 6.31. The fourth-order valence-electron chi connectivity index (χ4n) is 3.60. The van der Waals surface area contributed by atoms with Gasteiger partial charge in [0, 0.05) is 21.8 Å². The summed E-state index contributed by atoms with van der Waals surface area (Å²) in [6.07, 6.45) is -0.0953. The van der Waals surface area contributed by atoms with Gasteiger partial charge in [0.05, 0.1) is 17.2 Å². The molecule has 0 aliphatic carbocycles. The summed E-state index contributed by atoms with van der Waals surface area (Å²) in [7, 11) is 0. The van der Waals surface area contributed by atoms with E-state index in [0.717, 1.165) is 0 Å². The van der Waals surface area contributed by atoms with E-state index in [1.165, 1.54) is 59.5 Å². The summed E-state index contributed by atoms with van der Waals surface area (Å²) in [4.78, 5) is 25.6. The van der Waals surface area contributed by atoms with Crippen molar-refractivity contribution in [3.8, 4) is 0 Å². The van der Waals surface area contributed by atoms with Crippen molar-refractivity contribution in [2.75, 3.05) is 4.90 Å². The van der Waals surface area contributed by atoms with E-state index in [-0.39, 0.29) is 28.1 Å². The molecule has 0 radical (unpaired) electrons. The third-order valence-corrected chi connectivity index (χ3v) is 5.33. The van der Waals surface area contributed by atoms with Crippen molar-refractivity contribution in [3.63, 3.8) is 0 Å². The SMILES string of the molecule is O=C(O)c1ccc(N2C(=O)C(Cc3c(F)cccc3Cl)c3c(F)cccc32)cc1. The zero-order valence-corrected chi connectivity index (χ0v) is 15.7. The van der Waals surface area contributed by atoms with Gasteiger partial charge in [0.15, 0.2) is 0 Å². The van der Waals surface area contributed by atoms with Gasteiger partial charge in [0.2, 0.25) is 5.91 Å². The van der Waals surface area contributed by atoms with Crippen molar-refractivity contribution in [2.45, 2.75) is 12.3 Å². The number of fused-ring (bicyclic) bond motifs is 1. The Morgan fingerprint density at radius 3 is 2.31 bits per heavy atom. The minimum absolute atomic E-state index is 0.0644. The van der Waals surface area contributed by atoms with Crippen LogP contribution in [-0.4, -0.2) is 17.0 Å². The Balaban J connectivity index is 1.79. The first-order valence-electron chi connectivity index (χ1n) is 8.77. The van der Waals surface area contributed by atoms with E-state index < -0.39 is 29.4 Å². The molecule has 0 saturated heterocycles. The third kappa shape index (κ3) is 3.25. The number of aromatic carboxylic acids is 1. The van der Waals surface area contributed by atoms with E-state index in [9.17, 15) is 18.4 Å². The number of carboxylic acid groups (broad SMARTS) is 1. The molecule has 1 N–H and O–H groups in total. The molecule has 1 amide bonds. The van der Waals surface area contributed by atoms with Crippen LogP contribution in [0.3, 0.4) is 0 Å². The van der Waals surface area contributed by atoms with Crippen LogP contribution in [-0.2, 0) is 11.2 Å². The smallest absolute Gasteiger partial charge is 0.335 e. The molecule has 146 valence electrons. The number of hydrogen-bond donors (Lipinski definition) is 1. The molecule has 3 aromatic rings. The zero-order valence-electron chi connectivity index (χ0n) is 14.9. The predicted octanol–water partition coefficient (Wildman–Crippen LogP) is 5.32. The Morgan fingerprint density at radius 2 is 1.66 bits per heavy atom. The molecule has 29 heavy (non-hydrogen) atoms. The van der Waals surface area contributed by atoms with Crippen LogP contribution in [0.25, 0.3) is 0 Å². The lowest BCUT2D eigenvalue weighted by molar-refractivity contribution is -0.118. The second-order valence-electron chi connectivity index (χ2n) is 6.66. The molecule has 0 saturated carbocycles. The topological polar surface area (TPSA) is 57.6 Å². The molecule has 4 nitrogen and oxygen atoms in total. The maximum absolute atomic E-state index is 14.7. The molecule has 4 rings (SSSR count). The Hall–Kier alpha value is -3.25. The number of nitrogens with zero attached hydrogens (tertiary/aromatic N) is 1. The van der Waals surface area contributed by atoms with Gasteiger partial charge in [-0.15, -0.1) is 0 Å². The molecule has 0 fully saturated rings.